The van der Waals surface area contributed by atoms with Gasteiger partial charge in [0.25, 0.3) is 0 Å². The summed E-state index contributed by atoms with van der Waals surface area (Å²) in [6, 6.07) is 0. The minimum Gasteiger partial charge on any atom is -0.380 e. The molecule has 0 bridgehead atoms. The Morgan fingerprint density at radius 1 is 1.47 bits per heavy atom. The number of nitrogens with zero attached hydrogens (tertiary/aromatic N) is 1. The molecule has 1 atom stereocenters. The molecule has 15 heavy (non-hydrogen) atoms. The van der Waals surface area contributed by atoms with Crippen LogP contribution in [0.25, 0.3) is 0 Å². The van der Waals surface area contributed by atoms with E-state index in [0.29, 0.717) is 5.92 Å². The summed E-state index contributed by atoms with van der Waals surface area (Å²) >= 11 is 0. The monoisotopic (exact) mass is 214 g/mol. The van der Waals surface area contributed by atoms with Gasteiger partial charge in [0.15, 0.2) is 0 Å². The predicted octanol–water partition coefficient (Wildman–Crippen LogP) is 1.20. The average Bonchev–Trinajstić information content (AvgIpc) is 2.96. The number of nitrogens with one attached hydrogen (secondary N) is 1. The molecule has 90 valence electrons. The van der Waals surface area contributed by atoms with Crippen LogP contribution in [0.1, 0.15) is 19.8 Å². The molecule has 0 heterocycles. The molecule has 1 aliphatic carbocycles. The third-order valence-corrected chi connectivity index (χ3v) is 2.84. The maximum Gasteiger partial charge on any atom is 0.0593 e. The van der Waals surface area contributed by atoms with Crippen LogP contribution >= 0.6 is 0 Å². The Morgan fingerprint density at radius 2 is 2.20 bits per heavy atom. The Morgan fingerprint density at radius 3 is 2.80 bits per heavy atom. The Labute approximate surface area is 94.2 Å². The molecule has 1 aliphatic rings. The number of likely N-dealkylation sites (N-methyl/N-ethyl adjacent to an activating group) is 1. The van der Waals surface area contributed by atoms with E-state index in [1.807, 2.05) is 7.05 Å². The van der Waals surface area contributed by atoms with E-state index in [1.165, 1.54) is 12.8 Å². The van der Waals surface area contributed by atoms with Gasteiger partial charge >= 0.3 is 0 Å². The zero-order chi connectivity index (χ0) is 11.1. The van der Waals surface area contributed by atoms with Gasteiger partial charge in [-0.25, -0.2) is 0 Å². The van der Waals surface area contributed by atoms with Gasteiger partial charge < -0.3 is 15.0 Å². The zero-order valence-electron chi connectivity index (χ0n) is 10.5. The maximum absolute atomic E-state index is 5.61. The Hall–Kier alpha value is -0.120. The van der Waals surface area contributed by atoms with E-state index in [-0.39, 0.29) is 0 Å². The summed E-state index contributed by atoms with van der Waals surface area (Å²) < 4.78 is 5.61. The highest BCUT2D eigenvalue weighted by molar-refractivity contribution is 4.72. The van der Waals surface area contributed by atoms with Crippen molar-refractivity contribution < 1.29 is 4.74 Å². The second-order valence-corrected chi connectivity index (χ2v) is 4.94. The summed E-state index contributed by atoms with van der Waals surface area (Å²) in [5.74, 6) is 1.60. The van der Waals surface area contributed by atoms with Gasteiger partial charge in [-0.1, -0.05) is 6.92 Å². The van der Waals surface area contributed by atoms with E-state index in [9.17, 15) is 0 Å². The minimum atomic E-state index is 0.712. The van der Waals surface area contributed by atoms with Crippen LogP contribution < -0.4 is 5.32 Å². The van der Waals surface area contributed by atoms with Crippen LogP contribution in [0.5, 0.6) is 0 Å². The number of ether oxygens (including phenoxy) is 1. The lowest BCUT2D eigenvalue weighted by molar-refractivity contribution is 0.0998. The molecular formula is C12H26N2O. The number of hydrogen-bond acceptors (Lipinski definition) is 3. The van der Waals surface area contributed by atoms with E-state index in [4.69, 9.17) is 4.74 Å². The van der Waals surface area contributed by atoms with E-state index < -0.39 is 0 Å². The van der Waals surface area contributed by atoms with Crippen molar-refractivity contribution in [3.05, 3.63) is 0 Å². The fraction of sp³-hybridized carbons (Fsp3) is 1.00. The average molecular weight is 214 g/mol. The number of hydrogen-bond donors (Lipinski definition) is 1. The molecule has 0 amide bonds. The molecule has 0 aliphatic heterocycles. The van der Waals surface area contributed by atoms with Gasteiger partial charge in [-0.05, 0) is 45.3 Å². The maximum atomic E-state index is 5.61. The van der Waals surface area contributed by atoms with Crippen LogP contribution in [-0.2, 0) is 4.74 Å². The third-order valence-electron chi connectivity index (χ3n) is 2.84. The molecule has 0 aromatic heterocycles. The summed E-state index contributed by atoms with van der Waals surface area (Å²) in [7, 11) is 4.18. The summed E-state index contributed by atoms with van der Waals surface area (Å²) in [6.45, 7) is 7.44. The summed E-state index contributed by atoms with van der Waals surface area (Å²) in [4.78, 5) is 2.36. The lowest BCUT2D eigenvalue weighted by Crippen LogP contribution is -2.32. The molecular weight excluding hydrogens is 188 g/mol. The Bertz CT molecular complexity index is 160. The van der Waals surface area contributed by atoms with Gasteiger partial charge in [-0.3, -0.25) is 0 Å². The van der Waals surface area contributed by atoms with Crippen molar-refractivity contribution in [3.8, 4) is 0 Å². The summed E-state index contributed by atoms with van der Waals surface area (Å²) in [6.07, 6.45) is 2.77. The molecule has 0 radical (unpaired) electrons. The molecule has 1 N–H and O–H groups in total. The van der Waals surface area contributed by atoms with Crippen LogP contribution in [0, 0.1) is 11.8 Å². The normalized spacial score (nSPS) is 18.4. The molecule has 0 aromatic rings. The van der Waals surface area contributed by atoms with Gasteiger partial charge in [-0.2, -0.15) is 0 Å². The van der Waals surface area contributed by atoms with Gasteiger partial charge in [0.05, 0.1) is 6.61 Å². The van der Waals surface area contributed by atoms with Crippen molar-refractivity contribution in [2.75, 3.05) is 46.9 Å². The standard InChI is InChI=1S/C12H26N2O/c1-11(8-13-2)9-14(3)6-7-15-10-12-4-5-12/h11-13H,4-10H2,1-3H3. The lowest BCUT2D eigenvalue weighted by atomic mass is 10.2. The second kappa shape index (κ2) is 7.20. The SMILES string of the molecule is CNCC(C)CN(C)CCOCC1CC1. The first-order chi connectivity index (χ1) is 7.22. The summed E-state index contributed by atoms with van der Waals surface area (Å²) in [5.41, 5.74) is 0. The van der Waals surface area contributed by atoms with E-state index in [0.717, 1.165) is 38.8 Å². The van der Waals surface area contributed by atoms with E-state index in [2.05, 4.69) is 24.2 Å². The Kier molecular flexibility index (Phi) is 6.22. The topological polar surface area (TPSA) is 24.5 Å². The van der Waals surface area contributed by atoms with Gasteiger partial charge in [0, 0.05) is 19.7 Å². The van der Waals surface area contributed by atoms with Crippen molar-refractivity contribution in [1.82, 2.24) is 10.2 Å². The molecule has 0 saturated heterocycles. The smallest absolute Gasteiger partial charge is 0.0593 e. The predicted molar refractivity (Wildman–Crippen MR) is 64.1 cm³/mol. The largest absolute Gasteiger partial charge is 0.380 e. The second-order valence-electron chi connectivity index (χ2n) is 4.94. The fourth-order valence-corrected chi connectivity index (χ4v) is 1.79. The number of rotatable bonds is 9. The molecule has 1 unspecified atom stereocenters. The highest BCUT2D eigenvalue weighted by atomic mass is 16.5. The quantitative estimate of drug-likeness (QED) is 0.584. The fourth-order valence-electron chi connectivity index (χ4n) is 1.79. The highest BCUT2D eigenvalue weighted by Crippen LogP contribution is 2.28. The first-order valence-corrected chi connectivity index (χ1v) is 6.13. The molecule has 0 aromatic carbocycles. The van der Waals surface area contributed by atoms with Crippen LogP contribution in [-0.4, -0.2) is 51.8 Å². The zero-order valence-corrected chi connectivity index (χ0v) is 10.5. The molecule has 1 fully saturated rings. The van der Waals surface area contributed by atoms with Crippen molar-refractivity contribution in [3.63, 3.8) is 0 Å². The Balaban J connectivity index is 1.89. The van der Waals surface area contributed by atoms with Gasteiger partial charge in [0.1, 0.15) is 0 Å². The van der Waals surface area contributed by atoms with Crippen molar-refractivity contribution >= 4 is 0 Å². The minimum absolute atomic E-state index is 0.712. The molecule has 3 heteroatoms. The van der Waals surface area contributed by atoms with Crippen LogP contribution in [0.3, 0.4) is 0 Å². The molecule has 0 spiro atoms. The van der Waals surface area contributed by atoms with Crippen LogP contribution in [0.15, 0.2) is 0 Å². The van der Waals surface area contributed by atoms with Crippen LogP contribution in [0.4, 0.5) is 0 Å². The van der Waals surface area contributed by atoms with E-state index in [1.54, 1.807) is 0 Å². The van der Waals surface area contributed by atoms with Gasteiger partial charge in [0.2, 0.25) is 0 Å². The van der Waals surface area contributed by atoms with E-state index >= 15 is 0 Å². The van der Waals surface area contributed by atoms with Crippen molar-refractivity contribution in [2.24, 2.45) is 11.8 Å². The first kappa shape index (κ1) is 12.9. The van der Waals surface area contributed by atoms with Crippen LogP contribution in [0.2, 0.25) is 0 Å². The molecule has 1 saturated carbocycles. The highest BCUT2D eigenvalue weighted by Gasteiger charge is 2.20. The summed E-state index contributed by atoms with van der Waals surface area (Å²) in [5, 5.41) is 3.21. The molecule has 1 rings (SSSR count). The van der Waals surface area contributed by atoms with Crippen molar-refractivity contribution in [2.45, 2.75) is 19.8 Å². The lowest BCUT2D eigenvalue weighted by Gasteiger charge is -2.20. The molecule has 3 nitrogen and oxygen atoms in total. The van der Waals surface area contributed by atoms with Crippen molar-refractivity contribution in [1.29, 1.82) is 0 Å². The first-order valence-electron chi connectivity index (χ1n) is 6.13. The van der Waals surface area contributed by atoms with Gasteiger partial charge in [-0.15, -0.1) is 0 Å². The third kappa shape index (κ3) is 6.88.